The van der Waals surface area contributed by atoms with E-state index < -0.39 is 0 Å². The minimum Gasteiger partial charge on any atom is -0.377 e. The molecule has 0 saturated carbocycles. The van der Waals surface area contributed by atoms with Crippen LogP contribution in [0.1, 0.15) is 40.6 Å². The van der Waals surface area contributed by atoms with Crippen molar-refractivity contribution < 1.29 is 4.92 Å². The SMILES string of the molecule is Cc1cc(CSc2ccccc2)cc2c1N[C@H](c1ccccc1[N+](=O)[O-])[C@@H]1CC=C[C@@H]21. The highest BCUT2D eigenvalue weighted by atomic mass is 32.2. The molecule has 0 fully saturated rings. The van der Waals surface area contributed by atoms with E-state index in [1.165, 1.54) is 21.6 Å². The van der Waals surface area contributed by atoms with Gasteiger partial charge in [-0.15, -0.1) is 11.8 Å². The third kappa shape index (κ3) is 3.74. The van der Waals surface area contributed by atoms with Crippen molar-refractivity contribution in [2.45, 2.75) is 36.0 Å². The van der Waals surface area contributed by atoms with Gasteiger partial charge in [-0.2, -0.15) is 0 Å². The fraction of sp³-hybridized carbons (Fsp3) is 0.231. The molecule has 0 aromatic heterocycles. The van der Waals surface area contributed by atoms with Crippen LogP contribution in [0.2, 0.25) is 0 Å². The Bertz CT molecular complexity index is 1160. The van der Waals surface area contributed by atoms with Crippen molar-refractivity contribution in [2.75, 3.05) is 5.32 Å². The molecule has 1 aliphatic carbocycles. The lowest BCUT2D eigenvalue weighted by Gasteiger charge is -2.38. The predicted octanol–water partition coefficient (Wildman–Crippen LogP) is 7.02. The first-order chi connectivity index (χ1) is 15.1. The molecule has 0 amide bonds. The van der Waals surface area contributed by atoms with Crippen molar-refractivity contribution in [3.05, 3.63) is 111 Å². The molecule has 4 nitrogen and oxygen atoms in total. The zero-order valence-electron chi connectivity index (χ0n) is 17.3. The third-order valence-electron chi connectivity index (χ3n) is 6.34. The summed E-state index contributed by atoms with van der Waals surface area (Å²) in [6, 6.07) is 22.1. The molecule has 5 heteroatoms. The maximum Gasteiger partial charge on any atom is 0.274 e. The summed E-state index contributed by atoms with van der Waals surface area (Å²) < 4.78 is 0. The number of nitro benzene ring substituents is 1. The van der Waals surface area contributed by atoms with Gasteiger partial charge < -0.3 is 5.32 Å². The van der Waals surface area contributed by atoms with Crippen LogP contribution in [0.3, 0.4) is 0 Å². The molecular formula is C26H24N2O2S. The molecule has 1 N–H and O–H groups in total. The zero-order valence-corrected chi connectivity index (χ0v) is 18.1. The summed E-state index contributed by atoms with van der Waals surface area (Å²) in [4.78, 5) is 12.7. The van der Waals surface area contributed by atoms with Crippen molar-refractivity contribution in [3.8, 4) is 0 Å². The molecule has 0 unspecified atom stereocenters. The molecule has 3 aromatic carbocycles. The average Bonchev–Trinajstić information content (AvgIpc) is 3.28. The molecule has 31 heavy (non-hydrogen) atoms. The number of rotatable bonds is 5. The number of aryl methyl sites for hydroxylation is 1. The second-order valence-corrected chi connectivity index (χ2v) is 9.32. The summed E-state index contributed by atoms with van der Waals surface area (Å²) in [6.07, 6.45) is 5.45. The number of fused-ring (bicyclic) bond motifs is 3. The Morgan fingerprint density at radius 2 is 1.84 bits per heavy atom. The zero-order chi connectivity index (χ0) is 21.4. The van der Waals surface area contributed by atoms with Crippen LogP contribution in [-0.4, -0.2) is 4.92 Å². The van der Waals surface area contributed by atoms with Crippen molar-refractivity contribution >= 4 is 23.1 Å². The number of anilines is 1. The maximum absolute atomic E-state index is 11.7. The van der Waals surface area contributed by atoms with E-state index in [0.29, 0.717) is 0 Å². The monoisotopic (exact) mass is 428 g/mol. The van der Waals surface area contributed by atoms with Crippen LogP contribution >= 0.6 is 11.8 Å². The molecular weight excluding hydrogens is 404 g/mol. The Kier molecular flexibility index (Phi) is 5.28. The van der Waals surface area contributed by atoms with Crippen LogP contribution in [0.5, 0.6) is 0 Å². The Labute approximate surface area is 186 Å². The number of nitrogens with one attached hydrogen (secondary N) is 1. The Morgan fingerprint density at radius 3 is 2.65 bits per heavy atom. The van der Waals surface area contributed by atoms with Crippen molar-refractivity contribution in [3.63, 3.8) is 0 Å². The van der Waals surface area contributed by atoms with Crippen LogP contribution in [-0.2, 0) is 5.75 Å². The molecule has 3 atom stereocenters. The minimum absolute atomic E-state index is 0.0719. The van der Waals surface area contributed by atoms with Gasteiger partial charge in [-0.05, 0) is 48.1 Å². The summed E-state index contributed by atoms with van der Waals surface area (Å²) in [5.74, 6) is 1.48. The van der Waals surface area contributed by atoms with E-state index in [0.717, 1.165) is 23.4 Å². The molecule has 0 bridgehead atoms. The van der Waals surface area contributed by atoms with Gasteiger partial charge in [0.1, 0.15) is 0 Å². The van der Waals surface area contributed by atoms with Crippen molar-refractivity contribution in [1.29, 1.82) is 0 Å². The fourth-order valence-electron chi connectivity index (χ4n) is 4.96. The molecule has 156 valence electrons. The summed E-state index contributed by atoms with van der Waals surface area (Å²) in [6.45, 7) is 2.14. The summed E-state index contributed by atoms with van der Waals surface area (Å²) in [7, 11) is 0. The number of nitrogens with zero attached hydrogens (tertiary/aromatic N) is 1. The van der Waals surface area contributed by atoms with E-state index in [1.807, 2.05) is 30.0 Å². The second kappa shape index (κ2) is 8.23. The van der Waals surface area contributed by atoms with Crippen LogP contribution in [0, 0.1) is 23.0 Å². The molecule has 0 radical (unpaired) electrons. The lowest BCUT2D eigenvalue weighted by Crippen LogP contribution is -2.30. The third-order valence-corrected chi connectivity index (χ3v) is 7.43. The molecule has 0 spiro atoms. The van der Waals surface area contributed by atoms with Crippen molar-refractivity contribution in [2.24, 2.45) is 5.92 Å². The Hall–Kier alpha value is -3.05. The lowest BCUT2D eigenvalue weighted by molar-refractivity contribution is -0.385. The number of benzene rings is 3. The van der Waals surface area contributed by atoms with Crippen LogP contribution in [0.25, 0.3) is 0 Å². The summed E-state index contributed by atoms with van der Waals surface area (Å²) >= 11 is 1.85. The highest BCUT2D eigenvalue weighted by molar-refractivity contribution is 7.98. The number of hydrogen-bond donors (Lipinski definition) is 1. The molecule has 3 aromatic rings. The lowest BCUT2D eigenvalue weighted by atomic mass is 9.75. The minimum atomic E-state index is -0.263. The second-order valence-electron chi connectivity index (χ2n) is 8.27. The first-order valence-corrected chi connectivity index (χ1v) is 11.6. The highest BCUT2D eigenvalue weighted by Gasteiger charge is 2.40. The maximum atomic E-state index is 11.7. The summed E-state index contributed by atoms with van der Waals surface area (Å²) in [5, 5.41) is 15.4. The van der Waals surface area contributed by atoms with E-state index in [2.05, 4.69) is 60.8 Å². The number of hydrogen-bond acceptors (Lipinski definition) is 4. The van der Waals surface area contributed by atoms with Gasteiger partial charge in [0.15, 0.2) is 0 Å². The van der Waals surface area contributed by atoms with Crippen molar-refractivity contribution in [1.82, 2.24) is 0 Å². The topological polar surface area (TPSA) is 55.2 Å². The van der Waals surface area contributed by atoms with E-state index in [9.17, 15) is 10.1 Å². The Morgan fingerprint density at radius 1 is 1.06 bits per heavy atom. The predicted molar refractivity (Wildman–Crippen MR) is 127 cm³/mol. The first kappa shape index (κ1) is 19.9. The van der Waals surface area contributed by atoms with Gasteiger partial charge in [0.05, 0.1) is 16.5 Å². The van der Waals surface area contributed by atoms with Gasteiger partial charge in [-0.3, -0.25) is 10.1 Å². The standard InChI is InChI=1S/C26H24N2O2S/c1-17-14-18(16-31-19-8-3-2-4-9-19)15-23-20-11-7-12-21(20)26(27-25(17)23)22-10-5-6-13-24(22)28(29)30/h2-11,13-15,20-21,26-27H,12,16H2,1H3/t20-,21-,26+/m1/s1. The van der Waals surface area contributed by atoms with Gasteiger partial charge in [0, 0.05) is 28.3 Å². The van der Waals surface area contributed by atoms with Gasteiger partial charge in [0.25, 0.3) is 5.69 Å². The van der Waals surface area contributed by atoms with E-state index in [4.69, 9.17) is 0 Å². The molecule has 2 aliphatic rings. The smallest absolute Gasteiger partial charge is 0.274 e. The largest absolute Gasteiger partial charge is 0.377 e. The summed E-state index contributed by atoms with van der Waals surface area (Å²) in [5.41, 5.74) is 5.93. The number of thioether (sulfide) groups is 1. The van der Waals surface area contributed by atoms with Crippen LogP contribution in [0.4, 0.5) is 11.4 Å². The molecule has 5 rings (SSSR count). The van der Waals surface area contributed by atoms with Gasteiger partial charge >= 0.3 is 0 Å². The fourth-order valence-corrected chi connectivity index (χ4v) is 5.80. The number of para-hydroxylation sites is 1. The molecule has 1 aliphatic heterocycles. The number of allylic oxidation sites excluding steroid dienone is 2. The average molecular weight is 429 g/mol. The molecule has 1 heterocycles. The van der Waals surface area contributed by atoms with E-state index >= 15 is 0 Å². The van der Waals surface area contributed by atoms with Gasteiger partial charge in [0.2, 0.25) is 0 Å². The quantitative estimate of drug-likeness (QED) is 0.205. The van der Waals surface area contributed by atoms with E-state index in [1.54, 1.807) is 12.1 Å². The highest BCUT2D eigenvalue weighted by Crippen LogP contribution is 2.52. The van der Waals surface area contributed by atoms with Crippen LogP contribution < -0.4 is 5.32 Å². The first-order valence-electron chi connectivity index (χ1n) is 10.6. The van der Waals surface area contributed by atoms with E-state index in [-0.39, 0.29) is 28.5 Å². The molecule has 0 saturated heterocycles. The normalized spacial score (nSPS) is 21.3. The Balaban J connectivity index is 1.49. The van der Waals surface area contributed by atoms with Crippen LogP contribution in [0.15, 0.2) is 83.8 Å². The van der Waals surface area contributed by atoms with Gasteiger partial charge in [-0.1, -0.05) is 60.7 Å². The number of nitro groups is 1. The van der Waals surface area contributed by atoms with Gasteiger partial charge in [-0.25, -0.2) is 0 Å².